The van der Waals surface area contributed by atoms with E-state index in [0.717, 1.165) is 22.0 Å². The van der Waals surface area contributed by atoms with Gasteiger partial charge in [-0.2, -0.15) is 0 Å². The molecule has 0 aliphatic carbocycles. The van der Waals surface area contributed by atoms with Gasteiger partial charge in [0, 0.05) is 0 Å². The van der Waals surface area contributed by atoms with Crippen molar-refractivity contribution >= 4 is 17.2 Å². The number of benzene rings is 1. The van der Waals surface area contributed by atoms with Gasteiger partial charge in [0.05, 0.1) is 11.4 Å². The first-order valence-electron chi connectivity index (χ1n) is 7.29. The molecular weight excluding hydrogens is 310 g/mol. The molecular formula is C18H17NO3S. The van der Waals surface area contributed by atoms with E-state index in [0.29, 0.717) is 12.3 Å². The van der Waals surface area contributed by atoms with Crippen LogP contribution >= 0.6 is 11.3 Å². The summed E-state index contributed by atoms with van der Waals surface area (Å²) < 4.78 is 11.2. The monoisotopic (exact) mass is 327 g/mol. The van der Waals surface area contributed by atoms with Crippen molar-refractivity contribution in [1.82, 2.24) is 5.32 Å². The molecule has 0 aliphatic rings. The van der Waals surface area contributed by atoms with Crippen molar-refractivity contribution in [3.05, 3.63) is 65.2 Å². The number of rotatable bonds is 6. The maximum atomic E-state index is 11.8. The molecule has 118 valence electrons. The number of carbonyl (C=O) groups is 1. The third kappa shape index (κ3) is 4.23. The van der Waals surface area contributed by atoms with Crippen LogP contribution in [-0.4, -0.2) is 12.5 Å². The molecule has 1 N–H and O–H groups in total. The second-order valence-electron chi connectivity index (χ2n) is 5.13. The number of furan rings is 1. The predicted molar refractivity (Wildman–Crippen MR) is 90.5 cm³/mol. The van der Waals surface area contributed by atoms with Gasteiger partial charge in [0.1, 0.15) is 17.3 Å². The molecule has 1 aromatic carbocycles. The molecule has 23 heavy (non-hydrogen) atoms. The Morgan fingerprint density at radius 3 is 2.91 bits per heavy atom. The molecule has 0 unspecified atom stereocenters. The van der Waals surface area contributed by atoms with Crippen LogP contribution in [0.3, 0.4) is 0 Å². The Labute approximate surface area is 138 Å². The first kappa shape index (κ1) is 15.4. The van der Waals surface area contributed by atoms with Crippen molar-refractivity contribution in [2.75, 3.05) is 6.61 Å². The van der Waals surface area contributed by atoms with E-state index in [1.807, 2.05) is 60.8 Å². The van der Waals surface area contributed by atoms with Gasteiger partial charge in [-0.15, -0.1) is 11.3 Å². The van der Waals surface area contributed by atoms with Crippen LogP contribution in [0, 0.1) is 6.92 Å². The van der Waals surface area contributed by atoms with Gasteiger partial charge in [-0.25, -0.2) is 0 Å². The van der Waals surface area contributed by atoms with Crippen molar-refractivity contribution in [2.45, 2.75) is 13.5 Å². The topological polar surface area (TPSA) is 51.5 Å². The standard InChI is InChI=1S/C18H17NO3S/c1-13-4-2-5-14(10-13)21-12-18(20)19-11-15-7-8-16(22-15)17-6-3-9-23-17/h2-10H,11-12H2,1H3,(H,19,20). The lowest BCUT2D eigenvalue weighted by atomic mass is 10.2. The Morgan fingerprint density at radius 2 is 2.13 bits per heavy atom. The molecule has 2 aromatic heterocycles. The molecule has 0 saturated heterocycles. The van der Waals surface area contributed by atoms with E-state index in [1.54, 1.807) is 11.3 Å². The van der Waals surface area contributed by atoms with E-state index in [-0.39, 0.29) is 12.5 Å². The minimum absolute atomic E-state index is 0.0120. The van der Waals surface area contributed by atoms with E-state index in [4.69, 9.17) is 9.15 Å². The molecule has 0 spiro atoms. The minimum Gasteiger partial charge on any atom is -0.484 e. The molecule has 0 saturated carbocycles. The summed E-state index contributed by atoms with van der Waals surface area (Å²) in [6.45, 7) is 2.32. The second-order valence-corrected chi connectivity index (χ2v) is 6.07. The van der Waals surface area contributed by atoms with Crippen molar-refractivity contribution < 1.29 is 13.9 Å². The number of nitrogens with one attached hydrogen (secondary N) is 1. The van der Waals surface area contributed by atoms with Gasteiger partial charge in [-0.3, -0.25) is 4.79 Å². The lowest BCUT2D eigenvalue weighted by Crippen LogP contribution is -2.28. The number of thiophene rings is 1. The SMILES string of the molecule is Cc1cccc(OCC(=O)NCc2ccc(-c3cccs3)o2)c1. The summed E-state index contributed by atoms with van der Waals surface area (Å²) >= 11 is 1.62. The van der Waals surface area contributed by atoms with Crippen LogP contribution in [0.2, 0.25) is 0 Å². The molecule has 4 nitrogen and oxygen atoms in total. The zero-order valence-electron chi connectivity index (χ0n) is 12.7. The van der Waals surface area contributed by atoms with Crippen LogP contribution in [0.4, 0.5) is 0 Å². The van der Waals surface area contributed by atoms with Gasteiger partial charge in [0.2, 0.25) is 0 Å². The van der Waals surface area contributed by atoms with E-state index >= 15 is 0 Å². The summed E-state index contributed by atoms with van der Waals surface area (Å²) in [6.07, 6.45) is 0. The summed E-state index contributed by atoms with van der Waals surface area (Å²) in [5.41, 5.74) is 1.10. The minimum atomic E-state index is -0.180. The zero-order valence-corrected chi connectivity index (χ0v) is 13.6. The fourth-order valence-corrected chi connectivity index (χ4v) is 2.80. The van der Waals surface area contributed by atoms with Gasteiger partial charge in [-0.1, -0.05) is 18.2 Å². The maximum absolute atomic E-state index is 11.8. The second kappa shape index (κ2) is 7.15. The molecule has 3 aromatic rings. The molecule has 0 radical (unpaired) electrons. The molecule has 1 amide bonds. The third-order valence-corrected chi connectivity index (χ3v) is 4.13. The summed E-state index contributed by atoms with van der Waals surface area (Å²) in [4.78, 5) is 12.9. The van der Waals surface area contributed by atoms with Crippen LogP contribution in [-0.2, 0) is 11.3 Å². The maximum Gasteiger partial charge on any atom is 0.258 e. The molecule has 0 fully saturated rings. The fraction of sp³-hybridized carbons (Fsp3) is 0.167. The van der Waals surface area contributed by atoms with Crippen LogP contribution < -0.4 is 10.1 Å². The molecule has 2 heterocycles. The number of ether oxygens (including phenoxy) is 1. The average molecular weight is 327 g/mol. The summed E-state index contributed by atoms with van der Waals surface area (Å²) in [6, 6.07) is 15.4. The molecule has 0 atom stereocenters. The van der Waals surface area contributed by atoms with Crippen molar-refractivity contribution in [3.63, 3.8) is 0 Å². The lowest BCUT2D eigenvalue weighted by Gasteiger charge is -2.07. The highest BCUT2D eigenvalue weighted by atomic mass is 32.1. The first-order chi connectivity index (χ1) is 11.2. The Balaban J connectivity index is 1.47. The van der Waals surface area contributed by atoms with Crippen LogP contribution in [0.5, 0.6) is 5.75 Å². The highest BCUT2D eigenvalue weighted by Gasteiger charge is 2.08. The number of hydrogen-bond donors (Lipinski definition) is 1. The number of aryl methyl sites for hydroxylation is 1. The first-order valence-corrected chi connectivity index (χ1v) is 8.17. The van der Waals surface area contributed by atoms with Crippen LogP contribution in [0.1, 0.15) is 11.3 Å². The van der Waals surface area contributed by atoms with Gasteiger partial charge in [0.15, 0.2) is 6.61 Å². The van der Waals surface area contributed by atoms with E-state index in [1.165, 1.54) is 0 Å². The van der Waals surface area contributed by atoms with Crippen molar-refractivity contribution in [3.8, 4) is 16.4 Å². The Kier molecular flexibility index (Phi) is 4.78. The quantitative estimate of drug-likeness (QED) is 0.744. The van der Waals surface area contributed by atoms with E-state index < -0.39 is 0 Å². The molecule has 3 rings (SSSR count). The fourth-order valence-electron chi connectivity index (χ4n) is 2.11. The highest BCUT2D eigenvalue weighted by molar-refractivity contribution is 7.13. The lowest BCUT2D eigenvalue weighted by molar-refractivity contribution is -0.123. The Bertz CT molecular complexity index is 777. The number of carbonyl (C=O) groups excluding carboxylic acids is 1. The van der Waals surface area contributed by atoms with Gasteiger partial charge < -0.3 is 14.5 Å². The summed E-state index contributed by atoms with van der Waals surface area (Å²) in [5, 5.41) is 4.79. The Morgan fingerprint density at radius 1 is 1.22 bits per heavy atom. The third-order valence-electron chi connectivity index (χ3n) is 3.24. The van der Waals surface area contributed by atoms with Crippen molar-refractivity contribution in [1.29, 1.82) is 0 Å². The van der Waals surface area contributed by atoms with Crippen molar-refractivity contribution in [2.24, 2.45) is 0 Å². The molecule has 0 bridgehead atoms. The van der Waals surface area contributed by atoms with E-state index in [9.17, 15) is 4.79 Å². The average Bonchev–Trinajstić information content (AvgIpc) is 3.22. The van der Waals surface area contributed by atoms with Gasteiger partial charge in [-0.05, 0) is 48.2 Å². The highest BCUT2D eigenvalue weighted by Crippen LogP contribution is 2.26. The number of hydrogen-bond acceptors (Lipinski definition) is 4. The molecule has 0 aliphatic heterocycles. The normalized spacial score (nSPS) is 10.5. The molecule has 5 heteroatoms. The predicted octanol–water partition coefficient (Wildman–Crippen LogP) is 4.01. The largest absolute Gasteiger partial charge is 0.484 e. The zero-order chi connectivity index (χ0) is 16.1. The van der Waals surface area contributed by atoms with E-state index in [2.05, 4.69) is 5.32 Å². The summed E-state index contributed by atoms with van der Waals surface area (Å²) in [5.74, 6) is 2.05. The Hall–Kier alpha value is -2.53. The number of amides is 1. The smallest absolute Gasteiger partial charge is 0.258 e. The van der Waals surface area contributed by atoms with Crippen LogP contribution in [0.25, 0.3) is 10.6 Å². The van der Waals surface area contributed by atoms with Crippen LogP contribution in [0.15, 0.2) is 58.3 Å². The summed E-state index contributed by atoms with van der Waals surface area (Å²) in [7, 11) is 0. The van der Waals surface area contributed by atoms with Gasteiger partial charge in [0.25, 0.3) is 5.91 Å². The van der Waals surface area contributed by atoms with Gasteiger partial charge >= 0.3 is 0 Å².